The fraction of sp³-hybridized carbons (Fsp3) is 0.429. The molecule has 0 bridgehead atoms. The highest BCUT2D eigenvalue weighted by Crippen LogP contribution is 2.28. The Bertz CT molecular complexity index is 584. The lowest BCUT2D eigenvalue weighted by Gasteiger charge is -2.10. The van der Waals surface area contributed by atoms with Crippen molar-refractivity contribution in [2.75, 3.05) is 6.61 Å². The summed E-state index contributed by atoms with van der Waals surface area (Å²) in [5.41, 5.74) is 7.98. The zero-order valence-corrected chi connectivity index (χ0v) is 13.3. The summed E-state index contributed by atoms with van der Waals surface area (Å²) in [5.74, 6) is 0.903. The molecular weight excluding hydrogens is 322 g/mol. The van der Waals surface area contributed by atoms with Crippen molar-refractivity contribution in [3.8, 4) is 11.5 Å². The van der Waals surface area contributed by atoms with Crippen LogP contribution in [0.4, 0.5) is 0 Å². The highest BCUT2D eigenvalue weighted by molar-refractivity contribution is 9.10. The lowest BCUT2D eigenvalue weighted by molar-refractivity contribution is 0.0665. The van der Waals surface area contributed by atoms with Crippen LogP contribution in [0.15, 0.2) is 27.2 Å². The summed E-state index contributed by atoms with van der Waals surface area (Å²) >= 11 is 3.50. The molecule has 0 amide bonds. The molecule has 1 heterocycles. The van der Waals surface area contributed by atoms with Gasteiger partial charge >= 0.3 is 0 Å². The van der Waals surface area contributed by atoms with Crippen LogP contribution in [0.1, 0.15) is 31.3 Å². The summed E-state index contributed by atoms with van der Waals surface area (Å²) in [4.78, 5) is 4.34. The first-order chi connectivity index (χ1) is 9.47. The Labute approximate surface area is 126 Å². The van der Waals surface area contributed by atoms with E-state index in [2.05, 4.69) is 26.1 Å². The van der Waals surface area contributed by atoms with Gasteiger partial charge < -0.3 is 15.0 Å². The summed E-state index contributed by atoms with van der Waals surface area (Å²) in [5, 5.41) is 3.92. The maximum Gasteiger partial charge on any atom is 0.259 e. The molecule has 0 radical (unpaired) electrons. The van der Waals surface area contributed by atoms with Crippen molar-refractivity contribution in [2.24, 2.45) is 5.73 Å². The Kier molecular flexibility index (Phi) is 4.91. The molecule has 0 aliphatic carbocycles. The van der Waals surface area contributed by atoms with Gasteiger partial charge in [0.2, 0.25) is 0 Å². The molecule has 0 saturated heterocycles. The van der Waals surface area contributed by atoms with Crippen LogP contribution in [0.3, 0.4) is 0 Å². The molecule has 0 spiro atoms. The van der Waals surface area contributed by atoms with E-state index in [1.54, 1.807) is 0 Å². The maximum absolute atomic E-state index is 5.98. The second kappa shape index (κ2) is 6.47. The highest BCUT2D eigenvalue weighted by atomic mass is 79.9. The number of ether oxygens (including phenoxy) is 1. The standard InChI is InChI=1S/C14H18BrN3O2/c1-8(2)19-7-12(16)13-17-14(20-18-13)10-5-4-9(3)6-11(10)15/h4-6,8,12H,7,16H2,1-3H3. The molecule has 0 saturated carbocycles. The molecule has 108 valence electrons. The zero-order chi connectivity index (χ0) is 14.7. The van der Waals surface area contributed by atoms with E-state index in [9.17, 15) is 0 Å². The van der Waals surface area contributed by atoms with Crippen LogP contribution in [0, 0.1) is 6.92 Å². The van der Waals surface area contributed by atoms with E-state index in [1.807, 2.05) is 39.0 Å². The summed E-state index contributed by atoms with van der Waals surface area (Å²) in [7, 11) is 0. The number of hydrogen-bond donors (Lipinski definition) is 1. The average Bonchev–Trinajstić information content (AvgIpc) is 2.85. The van der Waals surface area contributed by atoms with E-state index in [4.69, 9.17) is 15.0 Å². The van der Waals surface area contributed by atoms with Gasteiger partial charge in [0, 0.05) is 4.47 Å². The van der Waals surface area contributed by atoms with Crippen LogP contribution in [-0.4, -0.2) is 22.9 Å². The Morgan fingerprint density at radius 1 is 1.40 bits per heavy atom. The monoisotopic (exact) mass is 339 g/mol. The molecule has 0 aliphatic rings. The molecular formula is C14H18BrN3O2. The number of halogens is 1. The normalized spacial score (nSPS) is 12.9. The largest absolute Gasteiger partial charge is 0.377 e. The molecule has 2 aromatic rings. The van der Waals surface area contributed by atoms with Crippen molar-refractivity contribution >= 4 is 15.9 Å². The maximum atomic E-state index is 5.98. The van der Waals surface area contributed by atoms with Gasteiger partial charge in [0.1, 0.15) is 0 Å². The van der Waals surface area contributed by atoms with Crippen molar-refractivity contribution in [3.05, 3.63) is 34.1 Å². The van der Waals surface area contributed by atoms with E-state index in [1.165, 1.54) is 0 Å². The third-order valence-electron chi connectivity index (χ3n) is 2.74. The van der Waals surface area contributed by atoms with Gasteiger partial charge in [-0.15, -0.1) is 0 Å². The molecule has 2 N–H and O–H groups in total. The minimum absolute atomic E-state index is 0.124. The van der Waals surface area contributed by atoms with Crippen LogP contribution in [0.2, 0.25) is 0 Å². The van der Waals surface area contributed by atoms with E-state index < -0.39 is 0 Å². The fourth-order valence-electron chi connectivity index (χ4n) is 1.66. The molecule has 5 nitrogen and oxygen atoms in total. The van der Waals surface area contributed by atoms with Crippen molar-refractivity contribution in [3.63, 3.8) is 0 Å². The predicted molar refractivity (Wildman–Crippen MR) is 80.2 cm³/mol. The number of rotatable bonds is 5. The predicted octanol–water partition coefficient (Wildman–Crippen LogP) is 3.23. The minimum atomic E-state index is -0.390. The molecule has 1 atom stereocenters. The Morgan fingerprint density at radius 3 is 2.80 bits per heavy atom. The van der Waals surface area contributed by atoms with E-state index in [0.29, 0.717) is 18.3 Å². The van der Waals surface area contributed by atoms with E-state index in [-0.39, 0.29) is 12.1 Å². The highest BCUT2D eigenvalue weighted by Gasteiger charge is 2.17. The molecule has 1 unspecified atom stereocenters. The minimum Gasteiger partial charge on any atom is -0.377 e. The molecule has 1 aromatic heterocycles. The Hall–Kier alpha value is -1.24. The molecule has 0 fully saturated rings. The second-order valence-electron chi connectivity index (χ2n) is 4.93. The van der Waals surface area contributed by atoms with Gasteiger partial charge in [-0.3, -0.25) is 0 Å². The zero-order valence-electron chi connectivity index (χ0n) is 11.8. The first-order valence-electron chi connectivity index (χ1n) is 6.44. The first-order valence-corrected chi connectivity index (χ1v) is 7.24. The summed E-state index contributed by atoms with van der Waals surface area (Å²) < 4.78 is 11.6. The van der Waals surface area contributed by atoms with Crippen LogP contribution in [0.5, 0.6) is 0 Å². The lowest BCUT2D eigenvalue weighted by Crippen LogP contribution is -2.20. The number of nitrogens with two attached hydrogens (primary N) is 1. The molecule has 20 heavy (non-hydrogen) atoms. The summed E-state index contributed by atoms with van der Waals surface area (Å²) in [6.07, 6.45) is 0.124. The number of hydrogen-bond acceptors (Lipinski definition) is 5. The number of benzene rings is 1. The van der Waals surface area contributed by atoms with Crippen molar-refractivity contribution < 1.29 is 9.26 Å². The van der Waals surface area contributed by atoms with Gasteiger partial charge in [-0.1, -0.05) is 11.2 Å². The van der Waals surface area contributed by atoms with E-state index >= 15 is 0 Å². The van der Waals surface area contributed by atoms with Crippen molar-refractivity contribution in [1.29, 1.82) is 0 Å². The quantitative estimate of drug-likeness (QED) is 0.904. The number of aromatic nitrogens is 2. The third kappa shape index (κ3) is 3.65. The van der Waals surface area contributed by atoms with E-state index in [0.717, 1.165) is 15.6 Å². The Balaban J connectivity index is 2.16. The van der Waals surface area contributed by atoms with Gasteiger partial charge in [-0.2, -0.15) is 4.98 Å². The molecule has 0 aliphatic heterocycles. The molecule has 1 aromatic carbocycles. The van der Waals surface area contributed by atoms with Gasteiger partial charge in [0.25, 0.3) is 5.89 Å². The van der Waals surface area contributed by atoms with Crippen LogP contribution in [0.25, 0.3) is 11.5 Å². The molecule has 6 heteroatoms. The summed E-state index contributed by atoms with van der Waals surface area (Å²) in [6, 6.07) is 5.54. The third-order valence-corrected chi connectivity index (χ3v) is 3.39. The van der Waals surface area contributed by atoms with Crippen molar-refractivity contribution in [1.82, 2.24) is 10.1 Å². The van der Waals surface area contributed by atoms with Gasteiger partial charge in [-0.25, -0.2) is 0 Å². The SMILES string of the molecule is Cc1ccc(-c2nc(C(N)COC(C)C)no2)c(Br)c1. The number of nitrogens with zero attached hydrogens (tertiary/aromatic N) is 2. The summed E-state index contributed by atoms with van der Waals surface area (Å²) in [6.45, 7) is 6.30. The van der Waals surface area contributed by atoms with Crippen molar-refractivity contribution in [2.45, 2.75) is 32.9 Å². The number of aryl methyl sites for hydroxylation is 1. The Morgan fingerprint density at radius 2 is 2.15 bits per heavy atom. The van der Waals surface area contributed by atoms with Crippen LogP contribution < -0.4 is 5.73 Å². The van der Waals surface area contributed by atoms with Crippen LogP contribution >= 0.6 is 15.9 Å². The average molecular weight is 340 g/mol. The van der Waals surface area contributed by atoms with Gasteiger partial charge in [0.05, 0.1) is 24.3 Å². The molecule has 2 rings (SSSR count). The second-order valence-corrected chi connectivity index (χ2v) is 5.78. The topological polar surface area (TPSA) is 74.2 Å². The van der Waals surface area contributed by atoms with Gasteiger partial charge in [-0.05, 0) is 54.4 Å². The van der Waals surface area contributed by atoms with Gasteiger partial charge in [0.15, 0.2) is 5.82 Å². The smallest absolute Gasteiger partial charge is 0.259 e. The lowest BCUT2D eigenvalue weighted by atomic mass is 10.1. The fourth-order valence-corrected chi connectivity index (χ4v) is 2.32. The van der Waals surface area contributed by atoms with Crippen LogP contribution in [-0.2, 0) is 4.74 Å². The first kappa shape index (κ1) is 15.2.